The van der Waals surface area contributed by atoms with Crippen molar-refractivity contribution in [2.24, 2.45) is 0 Å². The Hall–Kier alpha value is -1.11. The Kier molecular flexibility index (Phi) is 1.86. The van der Waals surface area contributed by atoms with Gasteiger partial charge in [-0.15, -0.1) is 0 Å². The van der Waals surface area contributed by atoms with Crippen LogP contribution in [0.2, 0.25) is 0 Å². The van der Waals surface area contributed by atoms with Gasteiger partial charge in [-0.25, -0.2) is 0 Å². The third-order valence-corrected chi connectivity index (χ3v) is 1.86. The van der Waals surface area contributed by atoms with Crippen LogP contribution in [0.4, 0.5) is 0 Å². The molecule has 0 atom stereocenters. The minimum absolute atomic E-state index is 0.410. The summed E-state index contributed by atoms with van der Waals surface area (Å²) in [6.45, 7) is 2.47. The van der Waals surface area contributed by atoms with Crippen LogP contribution in [0.5, 0.6) is 0 Å². The van der Waals surface area contributed by atoms with Crippen LogP contribution in [-0.4, -0.2) is 49.0 Å². The fourth-order valence-corrected chi connectivity index (χ4v) is 1.15. The molecule has 1 aliphatic heterocycles. The average Bonchev–Trinajstić information content (AvgIpc) is 2.20. The van der Waals surface area contributed by atoms with Crippen molar-refractivity contribution in [2.45, 2.75) is 0 Å². The Morgan fingerprint density at radius 1 is 1.80 bits per heavy atom. The predicted octanol–water partition coefficient (Wildman–Crippen LogP) is -0.174. The summed E-state index contributed by atoms with van der Waals surface area (Å²) in [5, 5.41) is 8.31. The molecule has 0 aromatic carbocycles. The molecule has 0 fully saturated rings. The molecule has 1 heterocycles. The lowest BCUT2D eigenvalue weighted by Gasteiger charge is -1.97. The molecule has 0 saturated carbocycles. The standard InChI is InChI=1S/C6H12N4/c1-9-3-4-10(2)6(9)5-8-7/h3-5H2,1-2H3/q+2. The predicted molar refractivity (Wildman–Crippen MR) is 38.6 cm³/mol. The summed E-state index contributed by atoms with van der Waals surface area (Å²) >= 11 is 0. The zero-order valence-corrected chi connectivity index (χ0v) is 6.41. The lowest BCUT2D eigenvalue weighted by Crippen LogP contribution is -2.26. The smallest absolute Gasteiger partial charge is 0.257 e. The van der Waals surface area contributed by atoms with Gasteiger partial charge < -0.3 is 0 Å². The van der Waals surface area contributed by atoms with E-state index in [1.807, 2.05) is 14.1 Å². The first-order valence-corrected chi connectivity index (χ1v) is 3.34. The van der Waals surface area contributed by atoms with Gasteiger partial charge >= 0.3 is 12.4 Å². The summed E-state index contributed by atoms with van der Waals surface area (Å²) < 4.78 is 2.10. The third-order valence-electron chi connectivity index (χ3n) is 1.86. The number of hydrogen-bond donors (Lipinski definition) is 0. The second kappa shape index (κ2) is 2.65. The molecule has 1 rings (SSSR count). The van der Waals surface area contributed by atoms with E-state index in [1.165, 1.54) is 0 Å². The van der Waals surface area contributed by atoms with Gasteiger partial charge in [-0.05, 0) is 0 Å². The summed E-state index contributed by atoms with van der Waals surface area (Å²) in [5.41, 5.74) is 0. The molecule has 0 N–H and O–H groups in total. The Labute approximate surface area is 60.4 Å². The van der Waals surface area contributed by atoms with Gasteiger partial charge in [0.25, 0.3) is 0 Å². The highest BCUT2D eigenvalue weighted by molar-refractivity contribution is 5.81. The molecule has 54 valence electrons. The molecular formula is C6H12N4+2. The van der Waals surface area contributed by atoms with Crippen molar-refractivity contribution in [3.8, 4) is 0 Å². The third kappa shape index (κ3) is 1.08. The lowest BCUT2D eigenvalue weighted by atomic mass is 10.5. The molecule has 0 aliphatic carbocycles. The quantitative estimate of drug-likeness (QED) is 0.374. The Morgan fingerprint density at radius 3 is 2.90 bits per heavy atom. The van der Waals surface area contributed by atoms with Crippen LogP contribution in [-0.2, 0) is 0 Å². The molecular weight excluding hydrogens is 128 g/mol. The monoisotopic (exact) mass is 140 g/mol. The van der Waals surface area contributed by atoms with Gasteiger partial charge in [0.05, 0.1) is 14.1 Å². The highest BCUT2D eigenvalue weighted by Gasteiger charge is 2.29. The van der Waals surface area contributed by atoms with Crippen LogP contribution < -0.4 is 0 Å². The molecule has 1 aliphatic rings. The van der Waals surface area contributed by atoms with Crippen molar-refractivity contribution in [1.82, 2.24) is 4.90 Å². The topological polar surface area (TPSA) is 34.4 Å². The number of rotatable bonds is 1. The maximum absolute atomic E-state index is 8.31. The zero-order chi connectivity index (χ0) is 7.56. The van der Waals surface area contributed by atoms with Gasteiger partial charge in [-0.3, -0.25) is 9.48 Å². The maximum Gasteiger partial charge on any atom is 0.402 e. The number of diazo groups is 1. The maximum atomic E-state index is 8.31. The van der Waals surface area contributed by atoms with Crippen molar-refractivity contribution in [1.29, 1.82) is 5.39 Å². The van der Waals surface area contributed by atoms with Gasteiger partial charge in [0.15, 0.2) is 0 Å². The first kappa shape index (κ1) is 7.00. The van der Waals surface area contributed by atoms with E-state index in [1.54, 1.807) is 0 Å². The summed E-state index contributed by atoms with van der Waals surface area (Å²) in [5.74, 6) is 1.09. The number of hydrogen-bond acceptors (Lipinski definition) is 2. The molecule has 4 heteroatoms. The van der Waals surface area contributed by atoms with E-state index in [4.69, 9.17) is 5.39 Å². The summed E-state index contributed by atoms with van der Waals surface area (Å²) in [7, 11) is 4.01. The van der Waals surface area contributed by atoms with Crippen molar-refractivity contribution in [3.63, 3.8) is 0 Å². The van der Waals surface area contributed by atoms with Crippen LogP contribution in [0.1, 0.15) is 0 Å². The first-order chi connectivity index (χ1) is 4.75. The number of amidine groups is 1. The van der Waals surface area contributed by atoms with Crippen LogP contribution in [0.15, 0.2) is 0 Å². The molecule has 0 spiro atoms. The normalized spacial score (nSPS) is 17.9. The highest BCUT2D eigenvalue weighted by Crippen LogP contribution is 1.96. The fraction of sp³-hybridized carbons (Fsp3) is 0.833. The van der Waals surface area contributed by atoms with Crippen LogP contribution in [0.25, 0.3) is 4.98 Å². The average molecular weight is 140 g/mol. The lowest BCUT2D eigenvalue weighted by molar-refractivity contribution is -0.487. The van der Waals surface area contributed by atoms with Crippen LogP contribution >= 0.6 is 0 Å². The summed E-state index contributed by atoms with van der Waals surface area (Å²) in [4.78, 5) is 5.20. The van der Waals surface area contributed by atoms with Crippen LogP contribution in [0, 0.1) is 5.39 Å². The van der Waals surface area contributed by atoms with E-state index in [2.05, 4.69) is 14.5 Å². The SMILES string of the molecule is CN1CC[N+](C)=C1C[N+]#N. The minimum Gasteiger partial charge on any atom is -0.257 e. The van der Waals surface area contributed by atoms with Gasteiger partial charge in [0, 0.05) is 0 Å². The summed E-state index contributed by atoms with van der Waals surface area (Å²) in [6.07, 6.45) is 0. The second-order valence-electron chi connectivity index (χ2n) is 2.56. The van der Waals surface area contributed by atoms with Gasteiger partial charge in [-0.1, -0.05) is 0 Å². The summed E-state index contributed by atoms with van der Waals surface area (Å²) in [6, 6.07) is 0. The van der Waals surface area contributed by atoms with E-state index >= 15 is 0 Å². The van der Waals surface area contributed by atoms with E-state index in [9.17, 15) is 0 Å². The molecule has 4 nitrogen and oxygen atoms in total. The second-order valence-corrected chi connectivity index (χ2v) is 2.56. The molecule has 0 bridgehead atoms. The van der Waals surface area contributed by atoms with Gasteiger partial charge in [0.1, 0.15) is 18.1 Å². The molecule has 0 amide bonds. The van der Waals surface area contributed by atoms with Crippen molar-refractivity contribution >= 4 is 5.84 Å². The molecule has 0 aromatic rings. The molecule has 0 aromatic heterocycles. The Balaban J connectivity index is 2.70. The van der Waals surface area contributed by atoms with Crippen molar-refractivity contribution in [2.75, 3.05) is 33.7 Å². The largest absolute Gasteiger partial charge is 0.402 e. The molecule has 10 heavy (non-hydrogen) atoms. The Bertz CT molecular complexity index is 200. The van der Waals surface area contributed by atoms with E-state index in [-0.39, 0.29) is 0 Å². The van der Waals surface area contributed by atoms with Crippen molar-refractivity contribution in [3.05, 3.63) is 4.98 Å². The number of likely N-dealkylation sites (N-methyl/N-ethyl adjacent to an activating group) is 2. The zero-order valence-electron chi connectivity index (χ0n) is 6.41. The Morgan fingerprint density at radius 2 is 2.50 bits per heavy atom. The van der Waals surface area contributed by atoms with Crippen LogP contribution in [0.3, 0.4) is 0 Å². The molecule has 0 radical (unpaired) electrons. The van der Waals surface area contributed by atoms with Gasteiger partial charge in [-0.2, -0.15) is 0 Å². The fourth-order valence-electron chi connectivity index (χ4n) is 1.15. The minimum atomic E-state index is 0.410. The first-order valence-electron chi connectivity index (χ1n) is 3.34. The van der Waals surface area contributed by atoms with E-state index in [0.717, 1.165) is 18.9 Å². The number of nitrogens with zero attached hydrogens (tertiary/aromatic N) is 4. The van der Waals surface area contributed by atoms with E-state index < -0.39 is 0 Å². The van der Waals surface area contributed by atoms with Gasteiger partial charge in [0.2, 0.25) is 5.39 Å². The highest BCUT2D eigenvalue weighted by atomic mass is 15.3. The van der Waals surface area contributed by atoms with E-state index in [0.29, 0.717) is 6.54 Å². The molecule has 0 unspecified atom stereocenters. The molecule has 0 saturated heterocycles. The van der Waals surface area contributed by atoms with Crippen molar-refractivity contribution < 1.29 is 4.58 Å².